The number of hydrogen-bond acceptors (Lipinski definition) is 3. The molecule has 2 saturated carbocycles. The molecule has 0 spiro atoms. The zero-order valence-corrected chi connectivity index (χ0v) is 12.2. The van der Waals surface area contributed by atoms with Gasteiger partial charge in [-0.1, -0.05) is 0 Å². The number of pyridine rings is 1. The minimum absolute atomic E-state index is 0.0965. The lowest BCUT2D eigenvalue weighted by molar-refractivity contribution is -0.138. The molecule has 4 rings (SSSR count). The third-order valence-corrected chi connectivity index (χ3v) is 4.86. The van der Waals surface area contributed by atoms with Crippen LogP contribution in [0.3, 0.4) is 0 Å². The van der Waals surface area contributed by atoms with E-state index < -0.39 is 5.97 Å². The summed E-state index contributed by atoms with van der Waals surface area (Å²) in [5, 5.41) is 13.0. The van der Waals surface area contributed by atoms with Crippen molar-refractivity contribution in [1.82, 2.24) is 14.9 Å². The predicted molar refractivity (Wildman–Crippen MR) is 79.3 cm³/mol. The first-order valence-electron chi connectivity index (χ1n) is 7.50. The number of nitrogens with one attached hydrogen (secondary N) is 1. The van der Waals surface area contributed by atoms with Crippen LogP contribution in [-0.2, 0) is 11.8 Å². The maximum absolute atomic E-state index is 12.5. The van der Waals surface area contributed by atoms with Crippen LogP contribution in [0.25, 0.3) is 10.9 Å². The number of fused-ring (bicyclic) bond motifs is 1. The van der Waals surface area contributed by atoms with Crippen molar-refractivity contribution in [2.75, 3.05) is 0 Å². The smallest absolute Gasteiger partial charge is 0.306 e. The number of amides is 1. The molecule has 2 fully saturated rings. The van der Waals surface area contributed by atoms with Gasteiger partial charge in [-0.3, -0.25) is 9.59 Å². The zero-order chi connectivity index (χ0) is 15.4. The summed E-state index contributed by atoms with van der Waals surface area (Å²) in [4.78, 5) is 27.6. The van der Waals surface area contributed by atoms with Gasteiger partial charge in [0.15, 0.2) is 5.69 Å². The molecule has 114 valence electrons. The Morgan fingerprint density at radius 2 is 2.14 bits per heavy atom. The van der Waals surface area contributed by atoms with Crippen molar-refractivity contribution in [3.63, 3.8) is 0 Å². The standard InChI is InChI=1S/C16H17N3O3/c1-19-5-3-8-2-4-17-13(14(8)19)15(20)18-12-7-10(12)9-6-11(9)16(21)22/h2-5,9-12H,6-7H2,1H3,(H,18,20)(H,21,22)/t9-,10+,11-,12+/m0/s1. The summed E-state index contributed by atoms with van der Waals surface area (Å²) in [6.07, 6.45) is 5.18. The van der Waals surface area contributed by atoms with Gasteiger partial charge in [0.1, 0.15) is 0 Å². The second kappa shape index (κ2) is 4.56. The Kier molecular flexibility index (Phi) is 2.76. The highest BCUT2D eigenvalue weighted by Crippen LogP contribution is 2.54. The van der Waals surface area contributed by atoms with E-state index in [0.717, 1.165) is 23.7 Å². The summed E-state index contributed by atoms with van der Waals surface area (Å²) in [5.41, 5.74) is 1.26. The first kappa shape index (κ1) is 13.3. The van der Waals surface area contributed by atoms with Gasteiger partial charge in [0, 0.05) is 30.9 Å². The van der Waals surface area contributed by atoms with Crippen molar-refractivity contribution in [2.45, 2.75) is 18.9 Å². The number of rotatable bonds is 4. The number of hydrogen-bond donors (Lipinski definition) is 2. The molecular formula is C16H17N3O3. The molecule has 6 heteroatoms. The fourth-order valence-corrected chi connectivity index (χ4v) is 3.47. The van der Waals surface area contributed by atoms with E-state index in [1.165, 1.54) is 0 Å². The normalized spacial score (nSPS) is 29.3. The maximum Gasteiger partial charge on any atom is 0.306 e. The van der Waals surface area contributed by atoms with Gasteiger partial charge >= 0.3 is 5.97 Å². The van der Waals surface area contributed by atoms with Gasteiger partial charge in [0.25, 0.3) is 5.91 Å². The van der Waals surface area contributed by atoms with Crippen LogP contribution in [0.4, 0.5) is 0 Å². The Labute approximate surface area is 127 Å². The van der Waals surface area contributed by atoms with E-state index in [4.69, 9.17) is 5.11 Å². The molecule has 0 aliphatic heterocycles. The average Bonchev–Trinajstić information content (AvgIpc) is 3.37. The van der Waals surface area contributed by atoms with Crippen LogP contribution in [0.15, 0.2) is 24.5 Å². The molecule has 2 aromatic heterocycles. The van der Waals surface area contributed by atoms with E-state index in [0.29, 0.717) is 11.6 Å². The fraction of sp³-hybridized carbons (Fsp3) is 0.438. The minimum Gasteiger partial charge on any atom is -0.481 e. The third kappa shape index (κ3) is 2.06. The van der Waals surface area contributed by atoms with Gasteiger partial charge in [-0.2, -0.15) is 0 Å². The van der Waals surface area contributed by atoms with Gasteiger partial charge in [-0.15, -0.1) is 0 Å². The van der Waals surface area contributed by atoms with Crippen molar-refractivity contribution in [3.05, 3.63) is 30.2 Å². The zero-order valence-electron chi connectivity index (χ0n) is 12.2. The van der Waals surface area contributed by atoms with Crippen LogP contribution in [-0.4, -0.2) is 32.6 Å². The van der Waals surface area contributed by atoms with E-state index in [-0.39, 0.29) is 23.8 Å². The summed E-state index contributed by atoms with van der Waals surface area (Å²) in [6.45, 7) is 0. The second-order valence-corrected chi connectivity index (χ2v) is 6.35. The monoisotopic (exact) mass is 299 g/mol. The lowest BCUT2D eigenvalue weighted by atomic mass is 10.2. The van der Waals surface area contributed by atoms with Gasteiger partial charge in [0.05, 0.1) is 11.4 Å². The topological polar surface area (TPSA) is 84.2 Å². The van der Waals surface area contributed by atoms with Crippen molar-refractivity contribution in [2.24, 2.45) is 24.8 Å². The van der Waals surface area contributed by atoms with Crippen molar-refractivity contribution in [1.29, 1.82) is 0 Å². The molecular weight excluding hydrogens is 282 g/mol. The number of aromatic nitrogens is 2. The van der Waals surface area contributed by atoms with Crippen LogP contribution in [0.5, 0.6) is 0 Å². The summed E-state index contributed by atoms with van der Waals surface area (Å²) in [5.74, 6) is -0.537. The summed E-state index contributed by atoms with van der Waals surface area (Å²) in [6, 6.07) is 3.93. The van der Waals surface area contributed by atoms with Crippen LogP contribution in [0, 0.1) is 17.8 Å². The first-order chi connectivity index (χ1) is 10.6. The molecule has 1 amide bonds. The molecule has 0 radical (unpaired) electrons. The molecule has 2 N–H and O–H groups in total. The van der Waals surface area contributed by atoms with Crippen LogP contribution >= 0.6 is 0 Å². The predicted octanol–water partition coefficient (Wildman–Crippen LogP) is 1.41. The molecule has 2 heterocycles. The quantitative estimate of drug-likeness (QED) is 0.894. The SMILES string of the molecule is Cn1ccc2ccnc(C(=O)N[C@@H]3C[C@@H]3[C@@H]3C[C@@H]3C(=O)O)c21. The van der Waals surface area contributed by atoms with E-state index in [9.17, 15) is 9.59 Å². The van der Waals surface area contributed by atoms with Gasteiger partial charge in [0.2, 0.25) is 0 Å². The number of aryl methyl sites for hydroxylation is 1. The Balaban J connectivity index is 1.47. The summed E-state index contributed by atoms with van der Waals surface area (Å²) < 4.78 is 1.89. The highest BCUT2D eigenvalue weighted by atomic mass is 16.4. The van der Waals surface area contributed by atoms with Crippen molar-refractivity contribution in [3.8, 4) is 0 Å². The molecule has 4 atom stereocenters. The Hall–Kier alpha value is -2.37. The highest BCUT2D eigenvalue weighted by molar-refractivity contribution is 6.04. The number of carboxylic acids is 1. The number of nitrogens with zero attached hydrogens (tertiary/aromatic N) is 2. The fourth-order valence-electron chi connectivity index (χ4n) is 3.47. The Morgan fingerprint density at radius 1 is 1.32 bits per heavy atom. The van der Waals surface area contributed by atoms with Gasteiger partial charge in [-0.05, 0) is 36.8 Å². The lowest BCUT2D eigenvalue weighted by Crippen LogP contribution is -2.28. The molecule has 22 heavy (non-hydrogen) atoms. The van der Waals surface area contributed by atoms with Gasteiger partial charge in [-0.25, -0.2) is 4.98 Å². The summed E-state index contributed by atoms with van der Waals surface area (Å²) in [7, 11) is 1.89. The van der Waals surface area contributed by atoms with Crippen LogP contribution in [0.2, 0.25) is 0 Å². The maximum atomic E-state index is 12.5. The van der Waals surface area contributed by atoms with E-state index in [1.54, 1.807) is 6.20 Å². The third-order valence-electron chi connectivity index (χ3n) is 4.86. The first-order valence-corrected chi connectivity index (χ1v) is 7.50. The number of aliphatic carboxylic acids is 1. The van der Waals surface area contributed by atoms with Crippen LogP contribution in [0.1, 0.15) is 23.3 Å². The average molecular weight is 299 g/mol. The molecule has 2 aliphatic rings. The number of carbonyl (C=O) groups is 2. The molecule has 6 nitrogen and oxygen atoms in total. The lowest BCUT2D eigenvalue weighted by Gasteiger charge is -2.07. The van der Waals surface area contributed by atoms with E-state index >= 15 is 0 Å². The van der Waals surface area contributed by atoms with Gasteiger partial charge < -0.3 is 15.0 Å². The summed E-state index contributed by atoms with van der Waals surface area (Å²) >= 11 is 0. The van der Waals surface area contributed by atoms with Crippen molar-refractivity contribution >= 4 is 22.8 Å². The number of carboxylic acid groups (broad SMARTS) is 1. The van der Waals surface area contributed by atoms with Crippen LogP contribution < -0.4 is 5.32 Å². The minimum atomic E-state index is -0.711. The molecule has 0 aromatic carbocycles. The van der Waals surface area contributed by atoms with E-state index in [2.05, 4.69) is 10.3 Å². The largest absolute Gasteiger partial charge is 0.481 e. The second-order valence-electron chi connectivity index (χ2n) is 6.35. The molecule has 2 aliphatic carbocycles. The Morgan fingerprint density at radius 3 is 2.86 bits per heavy atom. The Bertz CT molecular complexity index is 782. The molecule has 0 unspecified atom stereocenters. The van der Waals surface area contributed by atoms with E-state index in [1.807, 2.05) is 29.9 Å². The molecule has 0 bridgehead atoms. The van der Waals surface area contributed by atoms with Crippen molar-refractivity contribution < 1.29 is 14.7 Å². The highest BCUT2D eigenvalue weighted by Gasteiger charge is 2.56. The number of carbonyl (C=O) groups excluding carboxylic acids is 1. The molecule has 0 saturated heterocycles. The molecule has 2 aromatic rings.